The fourth-order valence-electron chi connectivity index (χ4n) is 4.65. The number of carbonyl (C=O) groups is 1. The zero-order valence-corrected chi connectivity index (χ0v) is 21.5. The molecule has 0 bridgehead atoms. The Hall–Kier alpha value is -4.06. The standard InChI is InChI=1S/C29H18Cl2F3N3O2/c1-35-26-25-18(12-22(20-4-2-3-5-21(20)25)17-8-11-23(30)24(31)13-17)14-36-27(26)37-28(38)39-15-16-6-9-19(10-7-16)29(32,33)34/h2-11,13-14,22H,12,15H2,(H,36,37,38). The van der Waals surface area contributed by atoms with Crippen LogP contribution in [0.2, 0.25) is 10.0 Å². The predicted molar refractivity (Wildman–Crippen MR) is 143 cm³/mol. The Morgan fingerprint density at radius 1 is 1.08 bits per heavy atom. The molecule has 1 N–H and O–H groups in total. The number of carbonyl (C=O) groups excluding carboxylic acids is 1. The van der Waals surface area contributed by atoms with Crippen LogP contribution in [-0.2, 0) is 23.9 Å². The largest absolute Gasteiger partial charge is 0.444 e. The lowest BCUT2D eigenvalue weighted by Crippen LogP contribution is -2.17. The van der Waals surface area contributed by atoms with E-state index in [1.807, 2.05) is 36.4 Å². The highest BCUT2D eigenvalue weighted by Gasteiger charge is 2.31. The third-order valence-corrected chi connectivity index (χ3v) is 7.23. The van der Waals surface area contributed by atoms with Gasteiger partial charge >= 0.3 is 12.3 Å². The maximum absolute atomic E-state index is 12.8. The number of nitrogens with one attached hydrogen (secondary N) is 1. The maximum atomic E-state index is 12.8. The van der Waals surface area contributed by atoms with Gasteiger partial charge in [0.25, 0.3) is 0 Å². The SMILES string of the molecule is [C-]#[N+]c1c(NC(=O)OCc2ccc(C(F)(F)F)cc2)ncc2c1-c1ccccc1C(c1ccc(Cl)c(Cl)c1)C2. The van der Waals surface area contributed by atoms with Gasteiger partial charge in [-0.15, -0.1) is 0 Å². The molecule has 0 aliphatic heterocycles. The lowest BCUT2D eigenvalue weighted by Gasteiger charge is -2.29. The monoisotopic (exact) mass is 567 g/mol. The summed E-state index contributed by atoms with van der Waals surface area (Å²) >= 11 is 12.4. The fourth-order valence-corrected chi connectivity index (χ4v) is 4.96. The molecule has 1 aromatic heterocycles. The molecule has 1 unspecified atom stereocenters. The van der Waals surface area contributed by atoms with Gasteiger partial charge in [-0.2, -0.15) is 13.2 Å². The zero-order valence-electron chi connectivity index (χ0n) is 20.0. The van der Waals surface area contributed by atoms with Crippen LogP contribution < -0.4 is 5.32 Å². The van der Waals surface area contributed by atoms with Crippen LogP contribution in [0.5, 0.6) is 0 Å². The van der Waals surface area contributed by atoms with E-state index in [0.717, 1.165) is 34.4 Å². The minimum absolute atomic E-state index is 0.0314. The highest BCUT2D eigenvalue weighted by Crippen LogP contribution is 2.48. The molecule has 3 aromatic carbocycles. The van der Waals surface area contributed by atoms with E-state index >= 15 is 0 Å². The van der Waals surface area contributed by atoms with Crippen molar-refractivity contribution in [3.05, 3.63) is 122 Å². The van der Waals surface area contributed by atoms with E-state index in [4.69, 9.17) is 34.5 Å². The molecular formula is C29H18Cl2F3N3O2. The van der Waals surface area contributed by atoms with Crippen molar-refractivity contribution < 1.29 is 22.7 Å². The minimum Gasteiger partial charge on any atom is -0.444 e. The number of pyridine rings is 1. The van der Waals surface area contributed by atoms with E-state index in [0.29, 0.717) is 27.6 Å². The van der Waals surface area contributed by atoms with Gasteiger partial charge in [-0.25, -0.2) is 9.64 Å². The molecule has 1 aliphatic carbocycles. The van der Waals surface area contributed by atoms with Gasteiger partial charge in [-0.1, -0.05) is 65.7 Å². The molecule has 0 fully saturated rings. The number of fused-ring (bicyclic) bond motifs is 3. The van der Waals surface area contributed by atoms with Crippen molar-refractivity contribution in [2.45, 2.75) is 25.1 Å². The van der Waals surface area contributed by atoms with E-state index in [-0.39, 0.29) is 24.0 Å². The number of aromatic nitrogens is 1. The second-order valence-corrected chi connectivity index (χ2v) is 9.70. The van der Waals surface area contributed by atoms with Crippen LogP contribution in [0.1, 0.15) is 33.7 Å². The van der Waals surface area contributed by atoms with Gasteiger partial charge in [0.2, 0.25) is 5.69 Å². The Kier molecular flexibility index (Phi) is 7.21. The molecule has 1 heterocycles. The number of benzene rings is 3. The number of hydrogen-bond donors (Lipinski definition) is 1. The summed E-state index contributed by atoms with van der Waals surface area (Å²) in [5.41, 5.74) is 4.06. The summed E-state index contributed by atoms with van der Waals surface area (Å²) in [6.45, 7) is 7.60. The van der Waals surface area contributed by atoms with E-state index in [2.05, 4.69) is 15.1 Å². The van der Waals surface area contributed by atoms with Crippen molar-refractivity contribution in [2.75, 3.05) is 5.32 Å². The van der Waals surface area contributed by atoms with Gasteiger partial charge in [-0.3, -0.25) is 10.3 Å². The topological polar surface area (TPSA) is 55.6 Å². The van der Waals surface area contributed by atoms with Crippen LogP contribution in [0.3, 0.4) is 0 Å². The Morgan fingerprint density at radius 2 is 1.82 bits per heavy atom. The molecular weight excluding hydrogens is 550 g/mol. The first-order chi connectivity index (χ1) is 18.7. The molecule has 0 saturated heterocycles. The highest BCUT2D eigenvalue weighted by molar-refractivity contribution is 6.42. The van der Waals surface area contributed by atoms with Crippen molar-refractivity contribution in [3.63, 3.8) is 0 Å². The van der Waals surface area contributed by atoms with Gasteiger partial charge in [0.15, 0.2) is 0 Å². The average Bonchev–Trinajstić information content (AvgIpc) is 2.92. The van der Waals surface area contributed by atoms with Gasteiger partial charge in [-0.05, 0) is 64.1 Å². The predicted octanol–water partition coefficient (Wildman–Crippen LogP) is 9.06. The van der Waals surface area contributed by atoms with Crippen molar-refractivity contribution in [2.24, 2.45) is 0 Å². The maximum Gasteiger partial charge on any atom is 0.416 e. The summed E-state index contributed by atoms with van der Waals surface area (Å²) in [7, 11) is 0. The van der Waals surface area contributed by atoms with E-state index in [1.54, 1.807) is 12.3 Å². The normalized spacial score (nSPS) is 14.1. The molecule has 10 heteroatoms. The van der Waals surface area contributed by atoms with E-state index in [1.165, 1.54) is 12.1 Å². The lowest BCUT2D eigenvalue weighted by molar-refractivity contribution is -0.137. The smallest absolute Gasteiger partial charge is 0.416 e. The lowest BCUT2D eigenvalue weighted by atomic mass is 9.76. The highest BCUT2D eigenvalue weighted by atomic mass is 35.5. The first-order valence-corrected chi connectivity index (χ1v) is 12.4. The summed E-state index contributed by atoms with van der Waals surface area (Å²) in [4.78, 5) is 20.5. The van der Waals surface area contributed by atoms with E-state index < -0.39 is 17.8 Å². The van der Waals surface area contributed by atoms with Crippen LogP contribution in [0.25, 0.3) is 16.0 Å². The molecule has 5 nitrogen and oxygen atoms in total. The minimum atomic E-state index is -4.45. The molecule has 196 valence electrons. The Balaban J connectivity index is 1.40. The van der Waals surface area contributed by atoms with Crippen LogP contribution in [-0.4, -0.2) is 11.1 Å². The summed E-state index contributed by atoms with van der Waals surface area (Å²) in [6, 6.07) is 17.5. The van der Waals surface area contributed by atoms with Crippen LogP contribution in [0, 0.1) is 6.57 Å². The number of hydrogen-bond acceptors (Lipinski definition) is 3. The Labute approximate surface area is 232 Å². The van der Waals surface area contributed by atoms with Crippen LogP contribution in [0.15, 0.2) is 72.9 Å². The van der Waals surface area contributed by atoms with Crippen molar-refractivity contribution >= 4 is 40.8 Å². The first kappa shape index (κ1) is 26.5. The van der Waals surface area contributed by atoms with Crippen molar-refractivity contribution in [3.8, 4) is 11.1 Å². The molecule has 0 radical (unpaired) electrons. The quantitative estimate of drug-likeness (QED) is 0.250. The molecule has 1 atom stereocenters. The van der Waals surface area contributed by atoms with Gasteiger partial charge in [0, 0.05) is 12.1 Å². The summed E-state index contributed by atoms with van der Waals surface area (Å²) in [6.07, 6.45) is -3.16. The zero-order chi connectivity index (χ0) is 27.7. The van der Waals surface area contributed by atoms with E-state index in [9.17, 15) is 18.0 Å². The number of nitrogens with zero attached hydrogens (tertiary/aromatic N) is 2. The second kappa shape index (κ2) is 10.6. The number of anilines is 1. The molecule has 5 rings (SSSR count). The average molecular weight is 568 g/mol. The number of rotatable bonds is 4. The first-order valence-electron chi connectivity index (χ1n) is 11.7. The molecule has 4 aromatic rings. The van der Waals surface area contributed by atoms with Crippen LogP contribution in [0.4, 0.5) is 29.5 Å². The molecule has 0 spiro atoms. The van der Waals surface area contributed by atoms with Gasteiger partial charge < -0.3 is 4.74 Å². The van der Waals surface area contributed by atoms with Gasteiger partial charge in [0.1, 0.15) is 12.4 Å². The summed E-state index contributed by atoms with van der Waals surface area (Å²) < 4.78 is 43.5. The fraction of sp³-hybridized carbons (Fsp3) is 0.138. The van der Waals surface area contributed by atoms with Crippen LogP contribution >= 0.6 is 23.2 Å². The molecule has 0 saturated carbocycles. The number of amides is 1. The second-order valence-electron chi connectivity index (χ2n) is 8.88. The summed E-state index contributed by atoms with van der Waals surface area (Å²) in [5.74, 6) is -0.0136. The number of alkyl halides is 3. The molecule has 39 heavy (non-hydrogen) atoms. The Morgan fingerprint density at radius 3 is 2.51 bits per heavy atom. The van der Waals surface area contributed by atoms with Gasteiger partial charge in [0.05, 0.1) is 22.2 Å². The number of ether oxygens (including phenoxy) is 1. The number of halogens is 5. The third kappa shape index (κ3) is 5.42. The van der Waals surface area contributed by atoms with Crippen molar-refractivity contribution in [1.29, 1.82) is 0 Å². The van der Waals surface area contributed by atoms with Crippen molar-refractivity contribution in [1.82, 2.24) is 4.98 Å². The summed E-state index contributed by atoms with van der Waals surface area (Å²) in [5, 5.41) is 3.42. The molecule has 1 aliphatic rings. The molecule has 1 amide bonds. The third-order valence-electron chi connectivity index (χ3n) is 6.49. The Bertz CT molecular complexity index is 1620.